The number of hydrogen-bond donors (Lipinski definition) is 2. The molecule has 0 saturated carbocycles. The van der Waals surface area contributed by atoms with E-state index in [1.54, 1.807) is 6.92 Å². The summed E-state index contributed by atoms with van der Waals surface area (Å²) in [5, 5.41) is 22.6. The molecule has 0 spiro atoms. The molecule has 0 radical (unpaired) electrons. The Kier molecular flexibility index (Phi) is 6.39. The van der Waals surface area contributed by atoms with Crippen LogP contribution in [-0.2, 0) is 9.59 Å². The van der Waals surface area contributed by atoms with Gasteiger partial charge in [0.1, 0.15) is 6.04 Å². The maximum Gasteiger partial charge on any atom is 0.326 e. The van der Waals surface area contributed by atoms with Crippen LogP contribution in [0.1, 0.15) is 29.8 Å². The van der Waals surface area contributed by atoms with Gasteiger partial charge in [0.15, 0.2) is 0 Å². The highest BCUT2D eigenvalue weighted by Crippen LogP contribution is 2.20. The van der Waals surface area contributed by atoms with Crippen LogP contribution in [0, 0.1) is 17.0 Å². The standard InChI is InChI=1S/C15H19N3O6/c1-9-4-5-12(8-13(9)18(23)24)14(20)17(10(2)15(21)22)7-6-16-11(3)19/h4-5,8,10H,6-7H2,1-3H3,(H,16,19)(H,21,22). The molecule has 0 saturated heterocycles. The van der Waals surface area contributed by atoms with Gasteiger partial charge in [-0.25, -0.2) is 4.79 Å². The minimum Gasteiger partial charge on any atom is -0.480 e. The molecule has 1 aromatic carbocycles. The van der Waals surface area contributed by atoms with Gasteiger partial charge < -0.3 is 15.3 Å². The number of carbonyl (C=O) groups is 3. The molecule has 130 valence electrons. The van der Waals surface area contributed by atoms with Crippen LogP contribution < -0.4 is 5.32 Å². The summed E-state index contributed by atoms with van der Waals surface area (Å²) in [6, 6.07) is 2.82. The van der Waals surface area contributed by atoms with Crippen molar-refractivity contribution < 1.29 is 24.4 Å². The van der Waals surface area contributed by atoms with Crippen molar-refractivity contribution in [3.05, 3.63) is 39.4 Å². The van der Waals surface area contributed by atoms with Crippen molar-refractivity contribution in [1.82, 2.24) is 10.2 Å². The zero-order valence-electron chi connectivity index (χ0n) is 13.6. The smallest absolute Gasteiger partial charge is 0.326 e. The zero-order chi connectivity index (χ0) is 18.4. The predicted octanol–water partition coefficient (Wildman–Crippen LogP) is 0.955. The Morgan fingerprint density at radius 2 is 2.00 bits per heavy atom. The molecule has 9 heteroatoms. The normalized spacial score (nSPS) is 11.5. The predicted molar refractivity (Wildman–Crippen MR) is 84.7 cm³/mol. The lowest BCUT2D eigenvalue weighted by atomic mass is 10.1. The topological polar surface area (TPSA) is 130 Å². The number of carbonyl (C=O) groups excluding carboxylic acids is 2. The van der Waals surface area contributed by atoms with Crippen molar-refractivity contribution in [2.45, 2.75) is 26.8 Å². The lowest BCUT2D eigenvalue weighted by Crippen LogP contribution is -2.46. The molecule has 1 rings (SSSR count). The summed E-state index contributed by atoms with van der Waals surface area (Å²) in [4.78, 5) is 46.2. The summed E-state index contributed by atoms with van der Waals surface area (Å²) in [6.45, 7) is 4.22. The Morgan fingerprint density at radius 3 is 2.50 bits per heavy atom. The fourth-order valence-corrected chi connectivity index (χ4v) is 2.06. The second kappa shape index (κ2) is 8.04. The lowest BCUT2D eigenvalue weighted by molar-refractivity contribution is -0.385. The van der Waals surface area contributed by atoms with E-state index in [1.165, 1.54) is 26.0 Å². The number of benzene rings is 1. The molecule has 1 unspecified atom stereocenters. The summed E-state index contributed by atoms with van der Waals surface area (Å²) in [7, 11) is 0. The SMILES string of the molecule is CC(=O)NCCN(C(=O)c1ccc(C)c([N+](=O)[O-])c1)C(C)C(=O)O. The van der Waals surface area contributed by atoms with Crippen LogP contribution in [0.2, 0.25) is 0 Å². The molecule has 2 amide bonds. The average Bonchev–Trinajstić information content (AvgIpc) is 2.50. The van der Waals surface area contributed by atoms with Gasteiger partial charge in [0.2, 0.25) is 5.91 Å². The van der Waals surface area contributed by atoms with Crippen LogP contribution in [0.5, 0.6) is 0 Å². The first-order chi connectivity index (χ1) is 11.1. The first-order valence-corrected chi connectivity index (χ1v) is 7.18. The van der Waals surface area contributed by atoms with E-state index < -0.39 is 22.8 Å². The number of nitro groups is 1. The van der Waals surface area contributed by atoms with E-state index in [1.807, 2.05) is 0 Å². The number of nitrogens with one attached hydrogen (secondary N) is 1. The number of nitro benzene ring substituents is 1. The van der Waals surface area contributed by atoms with E-state index in [9.17, 15) is 24.5 Å². The van der Waals surface area contributed by atoms with Gasteiger partial charge in [-0.2, -0.15) is 0 Å². The third-order valence-corrected chi connectivity index (χ3v) is 3.47. The summed E-state index contributed by atoms with van der Waals surface area (Å²) in [5.74, 6) is -2.18. The van der Waals surface area contributed by atoms with Gasteiger partial charge >= 0.3 is 5.97 Å². The molecule has 0 aliphatic heterocycles. The number of carboxylic acid groups (broad SMARTS) is 1. The van der Waals surface area contributed by atoms with E-state index in [0.717, 1.165) is 11.0 Å². The van der Waals surface area contributed by atoms with Gasteiger partial charge in [0.05, 0.1) is 4.92 Å². The highest BCUT2D eigenvalue weighted by Gasteiger charge is 2.27. The molecular formula is C15H19N3O6. The Balaban J connectivity index is 3.10. The number of hydrogen-bond acceptors (Lipinski definition) is 5. The number of carboxylic acids is 1. The third-order valence-electron chi connectivity index (χ3n) is 3.47. The van der Waals surface area contributed by atoms with Gasteiger partial charge in [0.25, 0.3) is 11.6 Å². The molecule has 9 nitrogen and oxygen atoms in total. The molecule has 0 aliphatic rings. The van der Waals surface area contributed by atoms with Crippen molar-refractivity contribution >= 4 is 23.5 Å². The molecule has 1 aromatic rings. The summed E-state index contributed by atoms with van der Waals surface area (Å²) < 4.78 is 0. The summed E-state index contributed by atoms with van der Waals surface area (Å²) in [6.07, 6.45) is 0. The maximum atomic E-state index is 12.6. The highest BCUT2D eigenvalue weighted by atomic mass is 16.6. The molecular weight excluding hydrogens is 318 g/mol. The van der Waals surface area contributed by atoms with E-state index in [2.05, 4.69) is 5.32 Å². The van der Waals surface area contributed by atoms with Gasteiger partial charge in [0, 0.05) is 37.2 Å². The fourth-order valence-electron chi connectivity index (χ4n) is 2.06. The van der Waals surface area contributed by atoms with Gasteiger partial charge in [-0.3, -0.25) is 19.7 Å². The second-order valence-electron chi connectivity index (χ2n) is 5.25. The van der Waals surface area contributed by atoms with E-state index in [-0.39, 0.29) is 30.2 Å². The monoisotopic (exact) mass is 337 g/mol. The largest absolute Gasteiger partial charge is 0.480 e. The molecule has 0 aliphatic carbocycles. The quantitative estimate of drug-likeness (QED) is 0.563. The molecule has 2 N–H and O–H groups in total. The molecule has 0 fully saturated rings. The van der Waals surface area contributed by atoms with E-state index >= 15 is 0 Å². The molecule has 1 atom stereocenters. The van der Waals surface area contributed by atoms with Gasteiger partial charge in [-0.15, -0.1) is 0 Å². The Bertz CT molecular complexity index is 673. The van der Waals surface area contributed by atoms with E-state index in [4.69, 9.17) is 5.11 Å². The average molecular weight is 337 g/mol. The van der Waals surface area contributed by atoms with Crippen LogP contribution in [0.15, 0.2) is 18.2 Å². The van der Waals surface area contributed by atoms with Crippen molar-refractivity contribution in [3.8, 4) is 0 Å². The van der Waals surface area contributed by atoms with Crippen LogP contribution in [0.25, 0.3) is 0 Å². The highest BCUT2D eigenvalue weighted by molar-refractivity contribution is 5.97. The number of amides is 2. The number of aliphatic carboxylic acids is 1. The van der Waals surface area contributed by atoms with Crippen molar-refractivity contribution in [2.24, 2.45) is 0 Å². The Morgan fingerprint density at radius 1 is 1.38 bits per heavy atom. The van der Waals surface area contributed by atoms with Crippen molar-refractivity contribution in [1.29, 1.82) is 0 Å². The zero-order valence-corrected chi connectivity index (χ0v) is 13.6. The lowest BCUT2D eigenvalue weighted by Gasteiger charge is -2.26. The molecule has 24 heavy (non-hydrogen) atoms. The first kappa shape index (κ1) is 19.1. The van der Waals surface area contributed by atoms with Gasteiger partial charge in [-0.05, 0) is 19.9 Å². The first-order valence-electron chi connectivity index (χ1n) is 7.18. The number of rotatable bonds is 7. The van der Waals surface area contributed by atoms with Crippen LogP contribution in [0.4, 0.5) is 5.69 Å². The van der Waals surface area contributed by atoms with Gasteiger partial charge in [-0.1, -0.05) is 6.07 Å². The number of aryl methyl sites for hydroxylation is 1. The summed E-state index contributed by atoms with van der Waals surface area (Å²) in [5.41, 5.74) is 0.196. The van der Waals surface area contributed by atoms with E-state index in [0.29, 0.717) is 5.56 Å². The fraction of sp³-hybridized carbons (Fsp3) is 0.400. The molecule has 0 bridgehead atoms. The van der Waals surface area contributed by atoms with Crippen LogP contribution in [0.3, 0.4) is 0 Å². The van der Waals surface area contributed by atoms with Crippen molar-refractivity contribution in [2.75, 3.05) is 13.1 Å². The number of nitrogens with zero attached hydrogens (tertiary/aromatic N) is 2. The maximum absolute atomic E-state index is 12.6. The Hall–Kier alpha value is -2.97. The second-order valence-corrected chi connectivity index (χ2v) is 5.25. The summed E-state index contributed by atoms with van der Waals surface area (Å²) >= 11 is 0. The van der Waals surface area contributed by atoms with Crippen LogP contribution in [-0.4, -0.2) is 51.8 Å². The third kappa shape index (κ3) is 4.77. The minimum atomic E-state index is -1.22. The molecule has 0 heterocycles. The van der Waals surface area contributed by atoms with Crippen molar-refractivity contribution in [3.63, 3.8) is 0 Å². The van der Waals surface area contributed by atoms with Crippen LogP contribution >= 0.6 is 0 Å². The minimum absolute atomic E-state index is 0.0169. The molecule has 0 aromatic heterocycles. The Labute approximate surface area is 138 Å².